The highest BCUT2D eigenvalue weighted by atomic mass is 79.9. The first-order valence-corrected chi connectivity index (χ1v) is 5.31. The van der Waals surface area contributed by atoms with Gasteiger partial charge in [-0.15, -0.1) is 30.3 Å². The molecule has 13 heteroatoms. The smallest absolute Gasteiger partial charge is 0.294 e. The van der Waals surface area contributed by atoms with E-state index in [2.05, 4.69) is 30.4 Å². The third kappa shape index (κ3) is 6.62. The summed E-state index contributed by atoms with van der Waals surface area (Å²) in [4.78, 5) is 42.3. The highest BCUT2D eigenvalue weighted by Crippen LogP contribution is 2.22. The molecule has 0 amide bonds. The van der Waals surface area contributed by atoms with Gasteiger partial charge in [0.15, 0.2) is 0 Å². The lowest BCUT2D eigenvalue weighted by Gasteiger charge is -2.27. The molecule has 0 saturated carbocycles. The van der Waals surface area contributed by atoms with Gasteiger partial charge in [0.25, 0.3) is 15.3 Å². The van der Waals surface area contributed by atoms with Crippen molar-refractivity contribution < 1.29 is 29.8 Å². The molecule has 0 aliphatic carbocycles. The van der Waals surface area contributed by atoms with Crippen LogP contribution in [0.15, 0.2) is 0 Å². The van der Waals surface area contributed by atoms with Crippen LogP contribution in [-0.4, -0.2) is 40.4 Å². The van der Waals surface area contributed by atoms with E-state index in [0.717, 1.165) is 0 Å². The van der Waals surface area contributed by atoms with Gasteiger partial charge < -0.3 is 14.5 Å². The first kappa shape index (κ1) is 16.1. The molecule has 0 aromatic heterocycles. The van der Waals surface area contributed by atoms with Crippen molar-refractivity contribution in [3.8, 4) is 0 Å². The van der Waals surface area contributed by atoms with E-state index in [-0.39, 0.29) is 5.33 Å². The van der Waals surface area contributed by atoms with Crippen molar-refractivity contribution in [1.82, 2.24) is 0 Å². The van der Waals surface area contributed by atoms with Crippen molar-refractivity contribution >= 4 is 15.9 Å². The van der Waals surface area contributed by atoms with Gasteiger partial charge in [0.2, 0.25) is 0 Å². The molecule has 0 fully saturated rings. The fraction of sp³-hybridized carbons (Fsp3) is 1.00. The quantitative estimate of drug-likeness (QED) is 0.304. The molecule has 0 rings (SSSR count). The van der Waals surface area contributed by atoms with Crippen LogP contribution in [0.1, 0.15) is 0 Å². The predicted molar refractivity (Wildman–Crippen MR) is 55.1 cm³/mol. The Labute approximate surface area is 107 Å². The number of hydrogen-bond donors (Lipinski definition) is 0. The zero-order valence-corrected chi connectivity index (χ0v) is 10.3. The second kappa shape index (κ2) is 7.41. The first-order valence-electron chi connectivity index (χ1n) is 4.19. The summed E-state index contributed by atoms with van der Waals surface area (Å²) in [5.74, 6) is 0. The zero-order valence-electron chi connectivity index (χ0n) is 8.72. The van der Waals surface area contributed by atoms with Gasteiger partial charge in [-0.3, -0.25) is 0 Å². The lowest BCUT2D eigenvalue weighted by atomic mass is 9.94. The molecule has 0 atom stereocenters. The number of rotatable bonds is 10. The Morgan fingerprint density at radius 3 is 1.28 bits per heavy atom. The maximum atomic E-state index is 10.1. The molecule has 0 heterocycles. The van der Waals surface area contributed by atoms with Crippen LogP contribution >= 0.6 is 15.9 Å². The zero-order chi connectivity index (χ0) is 14.2. The van der Waals surface area contributed by atoms with Crippen LogP contribution in [0.4, 0.5) is 0 Å². The van der Waals surface area contributed by atoms with Crippen molar-refractivity contribution in [2.75, 3.05) is 25.2 Å². The minimum absolute atomic E-state index is 0.102. The van der Waals surface area contributed by atoms with Gasteiger partial charge in [0.1, 0.15) is 19.8 Å². The molecule has 0 saturated heterocycles. The summed E-state index contributed by atoms with van der Waals surface area (Å²) in [7, 11) is 0. The van der Waals surface area contributed by atoms with E-state index >= 15 is 0 Å². The van der Waals surface area contributed by atoms with E-state index in [9.17, 15) is 30.3 Å². The molecule has 0 spiro atoms. The van der Waals surface area contributed by atoms with E-state index in [1.54, 1.807) is 0 Å². The highest BCUT2D eigenvalue weighted by molar-refractivity contribution is 9.09. The molecular formula is C5H8BrN3O9. The number of hydrogen-bond acceptors (Lipinski definition) is 9. The molecule has 0 aliphatic heterocycles. The topological polar surface area (TPSA) is 157 Å². The molecule has 0 bridgehead atoms. The summed E-state index contributed by atoms with van der Waals surface area (Å²) in [5.41, 5.74) is -1.44. The van der Waals surface area contributed by atoms with E-state index < -0.39 is 40.5 Å². The lowest BCUT2D eigenvalue weighted by Crippen LogP contribution is -2.41. The van der Waals surface area contributed by atoms with Gasteiger partial charge in [-0.1, -0.05) is 15.9 Å². The lowest BCUT2D eigenvalue weighted by molar-refractivity contribution is -0.781. The van der Waals surface area contributed by atoms with E-state index in [0.29, 0.717) is 0 Å². The Morgan fingerprint density at radius 1 is 0.833 bits per heavy atom. The van der Waals surface area contributed by atoms with Crippen LogP contribution in [0.5, 0.6) is 0 Å². The molecule has 0 aromatic rings. The molecule has 0 N–H and O–H groups in total. The van der Waals surface area contributed by atoms with E-state index in [1.165, 1.54) is 0 Å². The van der Waals surface area contributed by atoms with Crippen LogP contribution in [0.2, 0.25) is 0 Å². The van der Waals surface area contributed by atoms with Crippen molar-refractivity contribution in [3.05, 3.63) is 30.3 Å². The second-order valence-electron chi connectivity index (χ2n) is 3.12. The van der Waals surface area contributed by atoms with Crippen LogP contribution in [0, 0.1) is 35.8 Å². The average molecular weight is 334 g/mol. The summed E-state index contributed by atoms with van der Waals surface area (Å²) in [6.45, 7) is -1.98. The summed E-state index contributed by atoms with van der Waals surface area (Å²) in [6, 6.07) is 0. The van der Waals surface area contributed by atoms with Crippen LogP contribution < -0.4 is 0 Å². The Kier molecular flexibility index (Phi) is 6.62. The fourth-order valence-corrected chi connectivity index (χ4v) is 1.30. The van der Waals surface area contributed by atoms with Gasteiger partial charge >= 0.3 is 0 Å². The molecule has 0 radical (unpaired) electrons. The van der Waals surface area contributed by atoms with Gasteiger partial charge in [-0.25, -0.2) is 0 Å². The molecule has 12 nitrogen and oxygen atoms in total. The Bertz CT molecular complexity index is 278. The number of nitrogens with zero attached hydrogens (tertiary/aromatic N) is 3. The molecule has 18 heavy (non-hydrogen) atoms. The minimum atomic E-state index is -1.44. The Morgan fingerprint density at radius 2 is 1.11 bits per heavy atom. The fourth-order valence-electron chi connectivity index (χ4n) is 0.810. The Balaban J connectivity index is 4.63. The largest absolute Gasteiger partial charge is 0.313 e. The summed E-state index contributed by atoms with van der Waals surface area (Å²) < 4.78 is 0. The molecule has 0 unspecified atom stereocenters. The number of alkyl halides is 1. The number of halogens is 1. The van der Waals surface area contributed by atoms with E-state index in [4.69, 9.17) is 0 Å². The molecule has 0 aliphatic rings. The maximum Gasteiger partial charge on any atom is 0.294 e. The van der Waals surface area contributed by atoms with Gasteiger partial charge in [-0.05, 0) is 0 Å². The normalized spacial score (nSPS) is 10.5. The van der Waals surface area contributed by atoms with E-state index in [1.807, 2.05) is 0 Å². The minimum Gasteiger partial charge on any atom is -0.313 e. The molecular weight excluding hydrogens is 326 g/mol. The van der Waals surface area contributed by atoms with Crippen LogP contribution in [0.25, 0.3) is 0 Å². The van der Waals surface area contributed by atoms with Gasteiger partial charge in [0.05, 0.1) is 5.41 Å². The second-order valence-corrected chi connectivity index (χ2v) is 3.69. The van der Waals surface area contributed by atoms with Gasteiger partial charge in [-0.2, -0.15) is 0 Å². The van der Waals surface area contributed by atoms with Crippen molar-refractivity contribution in [1.29, 1.82) is 0 Å². The van der Waals surface area contributed by atoms with Crippen molar-refractivity contribution in [3.63, 3.8) is 0 Å². The predicted octanol–water partition coefficient (Wildman–Crippen LogP) is -0.00740. The summed E-state index contributed by atoms with van der Waals surface area (Å²) in [5, 5.41) is 26.7. The van der Waals surface area contributed by atoms with Crippen LogP contribution in [-0.2, 0) is 14.5 Å². The maximum absolute atomic E-state index is 10.1. The summed E-state index contributed by atoms with van der Waals surface area (Å²) >= 11 is 2.92. The van der Waals surface area contributed by atoms with Crippen LogP contribution in [0.3, 0.4) is 0 Å². The Hall–Kier alpha value is -1.92. The molecule has 104 valence electrons. The SMILES string of the molecule is O=[N+]([O-])OCC(CBr)(CO[N+](=O)[O-])CO[N+](=O)[O-]. The van der Waals surface area contributed by atoms with Gasteiger partial charge in [0, 0.05) is 5.33 Å². The summed E-state index contributed by atoms with van der Waals surface area (Å²) in [6.07, 6.45) is 0. The monoisotopic (exact) mass is 333 g/mol. The standard InChI is InChI=1S/C5H8BrN3O9/c6-1-5(2-16-7(10)11,3-17-8(12)13)4-18-9(14)15/h1-4H2. The highest BCUT2D eigenvalue weighted by Gasteiger charge is 2.34. The molecule has 0 aromatic carbocycles. The third-order valence-corrected chi connectivity index (χ3v) is 2.90. The first-order chi connectivity index (χ1) is 8.31. The average Bonchev–Trinajstić information content (AvgIpc) is 2.28. The third-order valence-electron chi connectivity index (χ3n) is 1.71. The van der Waals surface area contributed by atoms with Crippen molar-refractivity contribution in [2.45, 2.75) is 0 Å². The van der Waals surface area contributed by atoms with Crippen molar-refractivity contribution in [2.24, 2.45) is 5.41 Å².